The molecular weight excluding hydrogens is 227 g/mol. The minimum atomic E-state index is -0.118. The molecule has 18 heavy (non-hydrogen) atoms. The first-order valence-electron chi connectivity index (χ1n) is 6.87. The molecule has 1 aromatic carbocycles. The van der Waals surface area contributed by atoms with Gasteiger partial charge in [0.05, 0.1) is 0 Å². The Labute approximate surface area is 109 Å². The molecule has 2 N–H and O–H groups in total. The van der Waals surface area contributed by atoms with Crippen LogP contribution in [-0.4, -0.2) is 19.1 Å². The molecule has 0 aliphatic heterocycles. The topological polar surface area (TPSA) is 29.3 Å². The summed E-state index contributed by atoms with van der Waals surface area (Å²) in [7, 11) is 0. The largest absolute Gasteiger partial charge is 0.368 e. The second kappa shape index (κ2) is 5.70. The molecule has 0 bridgehead atoms. The normalized spacial score (nSPS) is 15.2. The van der Waals surface area contributed by atoms with Crippen LogP contribution in [0.4, 0.5) is 10.1 Å². The van der Waals surface area contributed by atoms with E-state index in [1.165, 1.54) is 18.9 Å². The first-order chi connectivity index (χ1) is 8.63. The molecule has 0 heterocycles. The zero-order chi connectivity index (χ0) is 13.1. The van der Waals surface area contributed by atoms with Crippen LogP contribution < -0.4 is 10.6 Å². The van der Waals surface area contributed by atoms with Crippen molar-refractivity contribution < 1.29 is 4.39 Å². The lowest BCUT2D eigenvalue weighted by atomic mass is 10.1. The summed E-state index contributed by atoms with van der Waals surface area (Å²) in [5.41, 5.74) is 7.44. The summed E-state index contributed by atoms with van der Waals surface area (Å²) in [6.07, 6.45) is 3.07. The van der Waals surface area contributed by atoms with E-state index in [0.717, 1.165) is 17.8 Å². The van der Waals surface area contributed by atoms with E-state index in [1.807, 2.05) is 6.07 Å². The summed E-state index contributed by atoms with van der Waals surface area (Å²) < 4.78 is 13.9. The Hall–Kier alpha value is -1.09. The van der Waals surface area contributed by atoms with E-state index in [1.54, 1.807) is 6.07 Å². The molecule has 3 heteroatoms. The number of hydrogen-bond donors (Lipinski definition) is 1. The van der Waals surface area contributed by atoms with E-state index in [-0.39, 0.29) is 5.82 Å². The average Bonchev–Trinajstić information content (AvgIpc) is 3.13. The molecule has 0 spiro atoms. The van der Waals surface area contributed by atoms with Gasteiger partial charge in [0, 0.05) is 23.8 Å². The van der Waals surface area contributed by atoms with Crippen molar-refractivity contribution in [3.63, 3.8) is 0 Å². The second-order valence-corrected chi connectivity index (χ2v) is 5.55. The standard InChI is InChI=1S/C15H23FN2/c1-11(2)10-18(12-6-7-12)15-5-3-4-14(16)13(15)8-9-17/h3-5,11-12H,6-10,17H2,1-2H3. The highest BCUT2D eigenvalue weighted by Crippen LogP contribution is 2.35. The number of anilines is 1. The highest BCUT2D eigenvalue weighted by Gasteiger charge is 2.31. The van der Waals surface area contributed by atoms with Crippen LogP contribution in [0, 0.1) is 11.7 Å². The summed E-state index contributed by atoms with van der Waals surface area (Å²) in [4.78, 5) is 2.37. The van der Waals surface area contributed by atoms with Gasteiger partial charge in [-0.25, -0.2) is 4.39 Å². The number of rotatable bonds is 6. The fourth-order valence-corrected chi connectivity index (χ4v) is 2.43. The van der Waals surface area contributed by atoms with Gasteiger partial charge >= 0.3 is 0 Å². The van der Waals surface area contributed by atoms with Crippen LogP contribution in [0.15, 0.2) is 18.2 Å². The van der Waals surface area contributed by atoms with E-state index in [2.05, 4.69) is 18.7 Å². The number of nitrogens with zero attached hydrogens (tertiary/aromatic N) is 1. The van der Waals surface area contributed by atoms with Crippen LogP contribution in [0.2, 0.25) is 0 Å². The summed E-state index contributed by atoms with van der Waals surface area (Å²) in [6, 6.07) is 5.98. The smallest absolute Gasteiger partial charge is 0.128 e. The molecule has 1 saturated carbocycles. The summed E-state index contributed by atoms with van der Waals surface area (Å²) in [6.45, 7) is 5.90. The third-order valence-electron chi connectivity index (χ3n) is 3.35. The molecule has 0 radical (unpaired) electrons. The number of nitrogens with two attached hydrogens (primary N) is 1. The molecule has 0 atom stereocenters. The third-order valence-corrected chi connectivity index (χ3v) is 3.35. The zero-order valence-electron chi connectivity index (χ0n) is 11.3. The Morgan fingerprint density at radius 3 is 2.67 bits per heavy atom. The van der Waals surface area contributed by atoms with Crippen LogP contribution in [0.5, 0.6) is 0 Å². The predicted molar refractivity (Wildman–Crippen MR) is 74.4 cm³/mol. The lowest BCUT2D eigenvalue weighted by Gasteiger charge is -2.29. The van der Waals surface area contributed by atoms with Crippen molar-refractivity contribution in [3.8, 4) is 0 Å². The Balaban J connectivity index is 2.30. The molecule has 1 aliphatic carbocycles. The SMILES string of the molecule is CC(C)CN(c1cccc(F)c1CCN)C1CC1. The maximum atomic E-state index is 13.9. The van der Waals surface area contributed by atoms with Gasteiger partial charge in [0.15, 0.2) is 0 Å². The fraction of sp³-hybridized carbons (Fsp3) is 0.600. The quantitative estimate of drug-likeness (QED) is 0.841. The Morgan fingerprint density at radius 2 is 2.11 bits per heavy atom. The van der Waals surface area contributed by atoms with E-state index in [4.69, 9.17) is 5.73 Å². The van der Waals surface area contributed by atoms with Gasteiger partial charge in [-0.2, -0.15) is 0 Å². The maximum absolute atomic E-state index is 13.9. The summed E-state index contributed by atoms with van der Waals surface area (Å²) in [5, 5.41) is 0. The number of hydrogen-bond acceptors (Lipinski definition) is 2. The van der Waals surface area contributed by atoms with Crippen molar-refractivity contribution in [3.05, 3.63) is 29.6 Å². The Kier molecular flexibility index (Phi) is 4.23. The van der Waals surface area contributed by atoms with Crippen LogP contribution >= 0.6 is 0 Å². The number of benzene rings is 1. The molecule has 1 aliphatic rings. The highest BCUT2D eigenvalue weighted by atomic mass is 19.1. The van der Waals surface area contributed by atoms with Gasteiger partial charge in [-0.1, -0.05) is 19.9 Å². The van der Waals surface area contributed by atoms with Gasteiger partial charge < -0.3 is 10.6 Å². The van der Waals surface area contributed by atoms with Gasteiger partial charge in [-0.3, -0.25) is 0 Å². The summed E-state index contributed by atoms with van der Waals surface area (Å²) >= 11 is 0. The first kappa shape index (κ1) is 13.3. The molecule has 0 amide bonds. The maximum Gasteiger partial charge on any atom is 0.128 e. The van der Waals surface area contributed by atoms with Crippen molar-refractivity contribution in [2.24, 2.45) is 11.7 Å². The monoisotopic (exact) mass is 250 g/mol. The van der Waals surface area contributed by atoms with E-state index in [9.17, 15) is 4.39 Å². The lowest BCUT2D eigenvalue weighted by Crippen LogP contribution is -2.31. The second-order valence-electron chi connectivity index (χ2n) is 5.55. The van der Waals surface area contributed by atoms with E-state index in [0.29, 0.717) is 24.9 Å². The molecule has 2 nitrogen and oxygen atoms in total. The first-order valence-corrected chi connectivity index (χ1v) is 6.87. The molecule has 2 rings (SSSR count). The zero-order valence-corrected chi connectivity index (χ0v) is 11.3. The van der Waals surface area contributed by atoms with Crippen molar-refractivity contribution >= 4 is 5.69 Å². The third kappa shape index (κ3) is 3.02. The minimum absolute atomic E-state index is 0.118. The molecule has 1 fully saturated rings. The molecule has 0 aromatic heterocycles. The van der Waals surface area contributed by atoms with Crippen molar-refractivity contribution in [1.29, 1.82) is 0 Å². The van der Waals surface area contributed by atoms with Crippen molar-refractivity contribution in [2.75, 3.05) is 18.0 Å². The van der Waals surface area contributed by atoms with Crippen molar-refractivity contribution in [1.82, 2.24) is 0 Å². The van der Waals surface area contributed by atoms with Gasteiger partial charge in [-0.05, 0) is 43.9 Å². The van der Waals surface area contributed by atoms with Gasteiger partial charge in [0.25, 0.3) is 0 Å². The van der Waals surface area contributed by atoms with Gasteiger partial charge in [-0.15, -0.1) is 0 Å². The van der Waals surface area contributed by atoms with Gasteiger partial charge in [0.2, 0.25) is 0 Å². The number of halogens is 1. The highest BCUT2D eigenvalue weighted by molar-refractivity contribution is 5.56. The molecule has 100 valence electrons. The predicted octanol–water partition coefficient (Wildman–Crippen LogP) is 2.95. The van der Waals surface area contributed by atoms with Gasteiger partial charge in [0.1, 0.15) is 5.82 Å². The van der Waals surface area contributed by atoms with E-state index >= 15 is 0 Å². The molecule has 0 saturated heterocycles. The van der Waals surface area contributed by atoms with Crippen LogP contribution in [-0.2, 0) is 6.42 Å². The summed E-state index contributed by atoms with van der Waals surface area (Å²) in [5.74, 6) is 0.465. The Morgan fingerprint density at radius 1 is 1.39 bits per heavy atom. The molecule has 0 unspecified atom stereocenters. The van der Waals surface area contributed by atoms with Crippen molar-refractivity contribution in [2.45, 2.75) is 39.2 Å². The van der Waals surface area contributed by atoms with Crippen LogP contribution in [0.3, 0.4) is 0 Å². The molecule has 1 aromatic rings. The average molecular weight is 250 g/mol. The Bertz CT molecular complexity index is 399. The fourth-order valence-electron chi connectivity index (χ4n) is 2.43. The lowest BCUT2D eigenvalue weighted by molar-refractivity contribution is 0.589. The minimum Gasteiger partial charge on any atom is -0.368 e. The van der Waals surface area contributed by atoms with E-state index < -0.39 is 0 Å². The van der Waals surface area contributed by atoms with Crippen LogP contribution in [0.1, 0.15) is 32.3 Å². The molecular formula is C15H23FN2. The van der Waals surface area contributed by atoms with Crippen LogP contribution in [0.25, 0.3) is 0 Å².